The summed E-state index contributed by atoms with van der Waals surface area (Å²) in [5.41, 5.74) is 0.802. The molecule has 0 aliphatic carbocycles. The normalized spacial score (nSPS) is 10.4. The van der Waals surface area contributed by atoms with Gasteiger partial charge in [-0.2, -0.15) is 4.98 Å². The molecule has 29 heavy (non-hydrogen) atoms. The number of hydrogen-bond donors (Lipinski definition) is 2. The van der Waals surface area contributed by atoms with Crippen LogP contribution in [0, 0.1) is 10.1 Å². The zero-order valence-electron chi connectivity index (χ0n) is 14.8. The summed E-state index contributed by atoms with van der Waals surface area (Å²) in [5, 5.41) is 20.0. The fourth-order valence-electron chi connectivity index (χ4n) is 2.32. The van der Waals surface area contributed by atoms with Crippen molar-refractivity contribution in [3.8, 4) is 11.4 Å². The van der Waals surface area contributed by atoms with Gasteiger partial charge in [0.05, 0.1) is 4.92 Å². The molecule has 2 aromatic carbocycles. The molecule has 0 atom stereocenters. The maximum absolute atomic E-state index is 12.1. The standard InChI is InChI=1S/C18H14ClN5O5/c19-13-3-1-2-12(10-13)16(25)20-8-9-21-17(26)18-22-15(23-29-18)11-4-6-14(7-5-11)24(27)28/h1-7,10H,8-9H2,(H,20,25)(H,21,26). The van der Waals surface area contributed by atoms with Crippen LogP contribution in [0.4, 0.5) is 5.69 Å². The fourth-order valence-corrected chi connectivity index (χ4v) is 2.51. The van der Waals surface area contributed by atoms with Crippen LogP contribution in [-0.4, -0.2) is 40.0 Å². The fraction of sp³-hybridized carbons (Fsp3) is 0.111. The highest BCUT2D eigenvalue weighted by Crippen LogP contribution is 2.19. The van der Waals surface area contributed by atoms with Crippen LogP contribution in [0.15, 0.2) is 53.1 Å². The monoisotopic (exact) mass is 415 g/mol. The molecule has 0 saturated heterocycles. The number of nitro benzene ring substituents is 1. The second-order valence-corrected chi connectivity index (χ2v) is 6.19. The molecule has 3 rings (SSSR count). The molecule has 1 aromatic heterocycles. The van der Waals surface area contributed by atoms with E-state index in [9.17, 15) is 19.7 Å². The Kier molecular flexibility index (Phi) is 6.15. The summed E-state index contributed by atoms with van der Waals surface area (Å²) in [5.74, 6) is -1.07. The van der Waals surface area contributed by atoms with Gasteiger partial charge in [0, 0.05) is 41.4 Å². The van der Waals surface area contributed by atoms with Crippen LogP contribution in [0.5, 0.6) is 0 Å². The minimum Gasteiger partial charge on any atom is -0.350 e. The first kappa shape index (κ1) is 20.0. The average Bonchev–Trinajstić information content (AvgIpc) is 3.21. The van der Waals surface area contributed by atoms with Gasteiger partial charge >= 0.3 is 11.8 Å². The van der Waals surface area contributed by atoms with Crippen molar-refractivity contribution in [1.82, 2.24) is 20.8 Å². The molecule has 3 aromatic rings. The highest BCUT2D eigenvalue weighted by atomic mass is 35.5. The Morgan fingerprint density at radius 3 is 2.41 bits per heavy atom. The summed E-state index contributed by atoms with van der Waals surface area (Å²) < 4.78 is 4.91. The molecule has 148 valence electrons. The lowest BCUT2D eigenvalue weighted by atomic mass is 10.2. The highest BCUT2D eigenvalue weighted by Gasteiger charge is 2.16. The first-order valence-corrected chi connectivity index (χ1v) is 8.72. The minimum atomic E-state index is -0.609. The molecule has 0 spiro atoms. The number of benzene rings is 2. The van der Waals surface area contributed by atoms with Crippen molar-refractivity contribution < 1.29 is 19.0 Å². The lowest BCUT2D eigenvalue weighted by Crippen LogP contribution is -2.34. The van der Waals surface area contributed by atoms with Gasteiger partial charge in [0.15, 0.2) is 0 Å². The van der Waals surface area contributed by atoms with E-state index in [4.69, 9.17) is 16.1 Å². The number of carbonyl (C=O) groups is 2. The SMILES string of the molecule is O=C(NCCNC(=O)c1nc(-c2ccc([N+](=O)[O-])cc2)no1)c1cccc(Cl)c1. The minimum absolute atomic E-state index is 0.0740. The van der Waals surface area contributed by atoms with Crippen molar-refractivity contribution in [2.24, 2.45) is 0 Å². The average molecular weight is 416 g/mol. The predicted molar refractivity (Wildman–Crippen MR) is 103 cm³/mol. The summed E-state index contributed by atoms with van der Waals surface area (Å²) in [6.07, 6.45) is 0. The molecule has 0 saturated carbocycles. The van der Waals surface area contributed by atoms with Crippen LogP contribution in [0.25, 0.3) is 11.4 Å². The number of aromatic nitrogens is 2. The molecule has 0 bridgehead atoms. The summed E-state index contributed by atoms with van der Waals surface area (Å²) in [4.78, 5) is 38.2. The Hall–Kier alpha value is -3.79. The van der Waals surface area contributed by atoms with Gasteiger partial charge in [-0.3, -0.25) is 19.7 Å². The maximum Gasteiger partial charge on any atom is 0.316 e. The summed E-state index contributed by atoms with van der Waals surface area (Å²) in [6, 6.07) is 12.0. The Morgan fingerprint density at radius 1 is 1.07 bits per heavy atom. The zero-order chi connectivity index (χ0) is 20.8. The van der Waals surface area contributed by atoms with Crippen LogP contribution >= 0.6 is 11.6 Å². The van der Waals surface area contributed by atoms with Crippen LogP contribution in [0.2, 0.25) is 5.02 Å². The van der Waals surface area contributed by atoms with Crippen LogP contribution in [-0.2, 0) is 0 Å². The highest BCUT2D eigenvalue weighted by molar-refractivity contribution is 6.30. The van der Waals surface area contributed by atoms with Crippen LogP contribution in [0.1, 0.15) is 21.0 Å². The first-order chi connectivity index (χ1) is 13.9. The molecule has 0 unspecified atom stereocenters. The molecular weight excluding hydrogens is 402 g/mol. The number of halogens is 1. The van der Waals surface area contributed by atoms with Crippen molar-refractivity contribution in [2.75, 3.05) is 13.1 Å². The number of rotatable bonds is 7. The summed E-state index contributed by atoms with van der Waals surface area (Å²) >= 11 is 5.84. The topological polar surface area (TPSA) is 140 Å². The van der Waals surface area contributed by atoms with Crippen molar-refractivity contribution in [1.29, 1.82) is 0 Å². The largest absolute Gasteiger partial charge is 0.350 e. The molecule has 10 nitrogen and oxygen atoms in total. The third kappa shape index (κ3) is 5.14. The molecule has 11 heteroatoms. The third-order valence-corrected chi connectivity index (χ3v) is 3.97. The van der Waals surface area contributed by atoms with E-state index < -0.39 is 10.8 Å². The third-order valence-electron chi connectivity index (χ3n) is 3.74. The molecule has 2 amide bonds. The van der Waals surface area contributed by atoms with Gasteiger partial charge in [0.2, 0.25) is 5.82 Å². The van der Waals surface area contributed by atoms with Gasteiger partial charge in [-0.15, -0.1) is 0 Å². The number of amides is 2. The quantitative estimate of drug-likeness (QED) is 0.343. The zero-order valence-corrected chi connectivity index (χ0v) is 15.5. The lowest BCUT2D eigenvalue weighted by molar-refractivity contribution is -0.384. The van der Waals surface area contributed by atoms with E-state index in [1.807, 2.05) is 0 Å². The van der Waals surface area contributed by atoms with E-state index in [2.05, 4.69) is 20.8 Å². The Balaban J connectivity index is 1.50. The predicted octanol–water partition coefficient (Wildman–Crippen LogP) is 2.46. The summed E-state index contributed by atoms with van der Waals surface area (Å²) in [6.45, 7) is 0.320. The Bertz CT molecular complexity index is 1050. The number of nitro groups is 1. The van der Waals surface area contributed by atoms with Gasteiger partial charge < -0.3 is 15.2 Å². The maximum atomic E-state index is 12.1. The Morgan fingerprint density at radius 2 is 1.76 bits per heavy atom. The molecule has 0 aliphatic heterocycles. The first-order valence-electron chi connectivity index (χ1n) is 8.34. The van der Waals surface area contributed by atoms with E-state index in [0.29, 0.717) is 16.1 Å². The number of nitrogens with zero attached hydrogens (tertiary/aromatic N) is 3. The van der Waals surface area contributed by atoms with Crippen LogP contribution < -0.4 is 10.6 Å². The van der Waals surface area contributed by atoms with Crippen molar-refractivity contribution in [2.45, 2.75) is 0 Å². The van der Waals surface area contributed by atoms with Gasteiger partial charge in [-0.05, 0) is 30.3 Å². The molecular formula is C18H14ClN5O5. The van der Waals surface area contributed by atoms with E-state index in [-0.39, 0.29) is 36.4 Å². The van der Waals surface area contributed by atoms with E-state index in [1.165, 1.54) is 30.3 Å². The summed E-state index contributed by atoms with van der Waals surface area (Å²) in [7, 11) is 0. The number of carbonyl (C=O) groups excluding carboxylic acids is 2. The molecule has 0 fully saturated rings. The van der Waals surface area contributed by atoms with Crippen molar-refractivity contribution >= 4 is 29.1 Å². The number of nitrogens with one attached hydrogen (secondary N) is 2. The smallest absolute Gasteiger partial charge is 0.316 e. The van der Waals surface area contributed by atoms with Crippen molar-refractivity contribution in [3.63, 3.8) is 0 Å². The van der Waals surface area contributed by atoms with E-state index in [1.54, 1.807) is 18.2 Å². The van der Waals surface area contributed by atoms with Crippen molar-refractivity contribution in [3.05, 3.63) is 75.1 Å². The van der Waals surface area contributed by atoms with Gasteiger partial charge in [0.25, 0.3) is 11.6 Å². The number of non-ortho nitro benzene ring substituents is 1. The van der Waals surface area contributed by atoms with Gasteiger partial charge in [-0.25, -0.2) is 0 Å². The Labute approximate surface area is 169 Å². The number of hydrogen-bond acceptors (Lipinski definition) is 7. The van der Waals surface area contributed by atoms with Gasteiger partial charge in [0.1, 0.15) is 0 Å². The van der Waals surface area contributed by atoms with Gasteiger partial charge in [-0.1, -0.05) is 22.8 Å². The lowest BCUT2D eigenvalue weighted by Gasteiger charge is -2.06. The molecule has 2 N–H and O–H groups in total. The second-order valence-electron chi connectivity index (χ2n) is 5.75. The van der Waals surface area contributed by atoms with Crippen LogP contribution in [0.3, 0.4) is 0 Å². The molecule has 0 radical (unpaired) electrons. The molecule has 0 aliphatic rings. The van der Waals surface area contributed by atoms with E-state index >= 15 is 0 Å². The second kappa shape index (κ2) is 8.93. The molecule has 1 heterocycles. The van der Waals surface area contributed by atoms with E-state index in [0.717, 1.165) is 0 Å².